The average Bonchev–Trinajstić information content (AvgIpc) is 3.16. The lowest BCUT2D eigenvalue weighted by Crippen LogP contribution is -2.26. The smallest absolute Gasteiger partial charge is 0.287 e. The number of likely N-dealkylation sites (N-methyl/N-ethyl adjacent to an activating group) is 1. The number of imidazole rings is 1. The second kappa shape index (κ2) is 7.84. The molecule has 2 aromatic heterocycles. The molecule has 0 aliphatic rings. The number of hydrogen-bond donors (Lipinski definition) is 1. The zero-order valence-corrected chi connectivity index (χ0v) is 15.9. The first-order valence-corrected chi connectivity index (χ1v) is 8.96. The van der Waals surface area contributed by atoms with Crippen molar-refractivity contribution in [3.63, 3.8) is 0 Å². The summed E-state index contributed by atoms with van der Waals surface area (Å²) in [6, 6.07) is 11.5. The number of fused-ring (bicyclic) bond motifs is 1. The van der Waals surface area contributed by atoms with E-state index in [1.165, 1.54) is 0 Å². The molecule has 0 fully saturated rings. The van der Waals surface area contributed by atoms with Crippen molar-refractivity contribution in [1.29, 1.82) is 0 Å². The molecule has 0 bridgehead atoms. The number of rotatable bonds is 7. The monoisotopic (exact) mass is 404 g/mol. The molecular weight excluding hydrogens is 384 g/mol. The van der Waals surface area contributed by atoms with Gasteiger partial charge in [-0.15, -0.1) is 0 Å². The Morgan fingerprint density at radius 3 is 2.80 bits per heavy atom. The maximum Gasteiger partial charge on any atom is 0.287 e. The number of aromatic nitrogens is 2. The third-order valence-corrected chi connectivity index (χ3v) is 4.36. The maximum atomic E-state index is 12.1. The fraction of sp³-hybridized carbons (Fsp3) is 0.333. The summed E-state index contributed by atoms with van der Waals surface area (Å²) in [6.45, 7) is 2.30. The van der Waals surface area contributed by atoms with Crippen molar-refractivity contribution in [2.45, 2.75) is 13.0 Å². The third-order valence-electron chi connectivity index (χ3n) is 3.94. The number of carbonyl (C=O) groups is 1. The first kappa shape index (κ1) is 17.7. The Balaban J connectivity index is 1.69. The average molecular weight is 405 g/mol. The standard InChI is InChI=1S/C18H21BrN4O2/c1-22(2)11-12-23-14-6-4-3-5-13(14)21-17(23)9-10-20-18(24)15-7-8-16(19)25-15/h3-8H,9-12H2,1-2H3,(H,20,24). The molecule has 0 spiro atoms. The lowest BCUT2D eigenvalue weighted by molar-refractivity contribution is 0.0925. The van der Waals surface area contributed by atoms with Crippen molar-refractivity contribution in [3.8, 4) is 0 Å². The maximum absolute atomic E-state index is 12.1. The molecule has 3 rings (SSSR count). The zero-order valence-electron chi connectivity index (χ0n) is 14.3. The molecule has 25 heavy (non-hydrogen) atoms. The molecule has 2 heterocycles. The van der Waals surface area contributed by atoms with Crippen LogP contribution in [0.15, 0.2) is 45.5 Å². The van der Waals surface area contributed by atoms with Gasteiger partial charge in [0, 0.05) is 26.1 Å². The van der Waals surface area contributed by atoms with E-state index in [0.717, 1.165) is 29.9 Å². The highest BCUT2D eigenvalue weighted by molar-refractivity contribution is 9.10. The van der Waals surface area contributed by atoms with Crippen molar-refractivity contribution in [1.82, 2.24) is 19.8 Å². The highest BCUT2D eigenvalue weighted by Gasteiger charge is 2.13. The topological polar surface area (TPSA) is 63.3 Å². The van der Waals surface area contributed by atoms with Crippen LogP contribution < -0.4 is 5.32 Å². The van der Waals surface area contributed by atoms with Crippen molar-refractivity contribution in [2.75, 3.05) is 27.2 Å². The molecule has 0 unspecified atom stereocenters. The Bertz CT molecular complexity index is 869. The molecular formula is C18H21BrN4O2. The summed E-state index contributed by atoms with van der Waals surface area (Å²) >= 11 is 3.20. The fourth-order valence-corrected chi connectivity index (χ4v) is 2.98. The zero-order chi connectivity index (χ0) is 17.8. The minimum absolute atomic E-state index is 0.221. The van der Waals surface area contributed by atoms with Crippen LogP contribution in [-0.4, -0.2) is 47.5 Å². The predicted molar refractivity (Wildman–Crippen MR) is 101 cm³/mol. The van der Waals surface area contributed by atoms with Crippen LogP contribution >= 0.6 is 15.9 Å². The summed E-state index contributed by atoms with van der Waals surface area (Å²) in [7, 11) is 4.11. The van der Waals surface area contributed by atoms with E-state index in [9.17, 15) is 4.79 Å². The lowest BCUT2D eigenvalue weighted by Gasteiger charge is -2.13. The van der Waals surface area contributed by atoms with E-state index in [4.69, 9.17) is 9.40 Å². The van der Waals surface area contributed by atoms with Crippen LogP contribution in [0.1, 0.15) is 16.4 Å². The van der Waals surface area contributed by atoms with E-state index in [1.807, 2.05) is 18.2 Å². The Hall–Kier alpha value is -2.12. The van der Waals surface area contributed by atoms with Gasteiger partial charge in [-0.25, -0.2) is 4.98 Å². The van der Waals surface area contributed by atoms with Gasteiger partial charge in [0.25, 0.3) is 5.91 Å². The van der Waals surface area contributed by atoms with Crippen molar-refractivity contribution in [3.05, 3.63) is 52.7 Å². The highest BCUT2D eigenvalue weighted by atomic mass is 79.9. The number of furan rings is 1. The minimum Gasteiger partial charge on any atom is -0.444 e. The summed E-state index contributed by atoms with van der Waals surface area (Å²) in [6.07, 6.45) is 0.662. The van der Waals surface area contributed by atoms with Crippen LogP contribution in [-0.2, 0) is 13.0 Å². The van der Waals surface area contributed by atoms with Crippen LogP contribution in [0.4, 0.5) is 0 Å². The van der Waals surface area contributed by atoms with E-state index in [-0.39, 0.29) is 5.91 Å². The number of nitrogens with zero attached hydrogens (tertiary/aromatic N) is 3. The SMILES string of the molecule is CN(C)CCn1c(CCNC(=O)c2ccc(Br)o2)nc2ccccc21. The number of amides is 1. The van der Waals surface area contributed by atoms with Crippen molar-refractivity contribution in [2.24, 2.45) is 0 Å². The minimum atomic E-state index is -0.221. The van der Waals surface area contributed by atoms with Gasteiger partial charge in [0.2, 0.25) is 0 Å². The predicted octanol–water partition coefficient (Wildman–Crippen LogP) is 2.93. The van der Waals surface area contributed by atoms with Gasteiger partial charge in [-0.05, 0) is 54.3 Å². The van der Waals surface area contributed by atoms with Gasteiger partial charge >= 0.3 is 0 Å². The van der Waals surface area contributed by atoms with Gasteiger partial charge in [-0.2, -0.15) is 0 Å². The number of hydrogen-bond acceptors (Lipinski definition) is 4. The van der Waals surface area contributed by atoms with Crippen LogP contribution in [0.3, 0.4) is 0 Å². The Morgan fingerprint density at radius 1 is 1.28 bits per heavy atom. The lowest BCUT2D eigenvalue weighted by atomic mass is 10.3. The fourth-order valence-electron chi connectivity index (χ4n) is 2.68. The molecule has 0 saturated carbocycles. The van der Waals surface area contributed by atoms with E-state index >= 15 is 0 Å². The molecule has 0 atom stereocenters. The van der Waals surface area contributed by atoms with Crippen LogP contribution in [0, 0.1) is 0 Å². The Kier molecular flexibility index (Phi) is 5.55. The van der Waals surface area contributed by atoms with Gasteiger partial charge in [-0.3, -0.25) is 4.79 Å². The second-order valence-electron chi connectivity index (χ2n) is 6.08. The van der Waals surface area contributed by atoms with E-state index in [2.05, 4.69) is 50.9 Å². The number of carbonyl (C=O) groups excluding carboxylic acids is 1. The molecule has 6 nitrogen and oxygen atoms in total. The summed E-state index contributed by atoms with van der Waals surface area (Å²) in [4.78, 5) is 18.9. The highest BCUT2D eigenvalue weighted by Crippen LogP contribution is 2.17. The first-order chi connectivity index (χ1) is 12.0. The number of halogens is 1. The number of nitrogens with one attached hydrogen (secondary N) is 1. The van der Waals surface area contributed by atoms with Crippen molar-refractivity contribution < 1.29 is 9.21 Å². The van der Waals surface area contributed by atoms with Crippen LogP contribution in [0.5, 0.6) is 0 Å². The Labute approximate surface area is 154 Å². The van der Waals surface area contributed by atoms with Crippen LogP contribution in [0.2, 0.25) is 0 Å². The summed E-state index contributed by atoms with van der Waals surface area (Å²) in [5.74, 6) is 1.05. The third kappa shape index (κ3) is 4.29. The molecule has 3 aromatic rings. The normalized spacial score (nSPS) is 11.4. The molecule has 1 amide bonds. The first-order valence-electron chi connectivity index (χ1n) is 8.17. The van der Waals surface area contributed by atoms with E-state index in [0.29, 0.717) is 23.4 Å². The molecule has 0 aliphatic heterocycles. The molecule has 1 aromatic carbocycles. The molecule has 0 aliphatic carbocycles. The molecule has 0 radical (unpaired) electrons. The van der Waals surface area contributed by atoms with Gasteiger partial charge in [-0.1, -0.05) is 12.1 Å². The molecule has 0 saturated heterocycles. The van der Waals surface area contributed by atoms with Gasteiger partial charge in [0.1, 0.15) is 5.82 Å². The summed E-state index contributed by atoms with van der Waals surface area (Å²) in [5, 5.41) is 2.88. The van der Waals surface area contributed by atoms with Crippen molar-refractivity contribution >= 4 is 32.9 Å². The second-order valence-corrected chi connectivity index (χ2v) is 6.86. The van der Waals surface area contributed by atoms with E-state index < -0.39 is 0 Å². The van der Waals surface area contributed by atoms with E-state index in [1.54, 1.807) is 12.1 Å². The van der Waals surface area contributed by atoms with Gasteiger partial charge in [0.15, 0.2) is 10.4 Å². The van der Waals surface area contributed by atoms with Gasteiger partial charge in [0.05, 0.1) is 11.0 Å². The summed E-state index contributed by atoms with van der Waals surface area (Å²) in [5.41, 5.74) is 2.11. The number of para-hydroxylation sites is 2. The largest absolute Gasteiger partial charge is 0.444 e. The van der Waals surface area contributed by atoms with Crippen LogP contribution in [0.25, 0.3) is 11.0 Å². The summed E-state index contributed by atoms with van der Waals surface area (Å²) < 4.78 is 8.03. The molecule has 132 valence electrons. The quantitative estimate of drug-likeness (QED) is 0.657. The Morgan fingerprint density at radius 2 is 2.08 bits per heavy atom. The molecule has 1 N–H and O–H groups in total. The van der Waals surface area contributed by atoms with Gasteiger partial charge < -0.3 is 19.2 Å². The number of benzene rings is 1. The molecule has 7 heteroatoms.